The van der Waals surface area contributed by atoms with E-state index in [2.05, 4.69) is 47.2 Å². The van der Waals surface area contributed by atoms with Gasteiger partial charge in [0.2, 0.25) is 11.8 Å². The number of carbonyl (C=O) groups is 3. The second-order valence-corrected chi connectivity index (χ2v) is 12.3. The number of ketones is 1. The number of nitrogens with zero attached hydrogens (tertiary/aromatic N) is 6. The number of anilines is 1. The standard InChI is InChI=1S/C32H31BrN8O4/c1-4-9-45-16-21-6-8-27(33)37-30(21)38-31(44)25-11-32(17-34)12-26(32)41(25)28(43)15-40-24-7-5-20(22-13-35-19(3)36-14-22)10-23(24)29(39-40)18(2)42/h1,5-8,10,13-14,25-26H,9,11-12,15-17,34H2,2-3H3,(H,37,38,44)/t25-,26+,32-/m0/s1. The quantitative estimate of drug-likeness (QED) is 0.112. The van der Waals surface area contributed by atoms with Crippen molar-refractivity contribution in [2.24, 2.45) is 11.1 Å². The van der Waals surface area contributed by atoms with Crippen LogP contribution < -0.4 is 11.1 Å². The number of nitrogens with two attached hydrogens (primary N) is 1. The molecule has 0 bridgehead atoms. The number of benzene rings is 1. The third kappa shape index (κ3) is 5.84. The van der Waals surface area contributed by atoms with Gasteiger partial charge in [-0.2, -0.15) is 5.10 Å². The largest absolute Gasteiger partial charge is 0.364 e. The van der Waals surface area contributed by atoms with E-state index in [1.807, 2.05) is 25.1 Å². The smallest absolute Gasteiger partial charge is 0.248 e. The highest BCUT2D eigenvalue weighted by Gasteiger charge is 2.66. The van der Waals surface area contributed by atoms with Gasteiger partial charge in [0.25, 0.3) is 0 Å². The minimum absolute atomic E-state index is 0.115. The number of Topliss-reactive ketones (excluding diaryl/α,β-unsaturated/α-hetero) is 1. The van der Waals surface area contributed by atoms with E-state index in [0.29, 0.717) is 45.7 Å². The van der Waals surface area contributed by atoms with E-state index in [1.165, 1.54) is 11.6 Å². The lowest BCUT2D eigenvalue weighted by atomic mass is 9.99. The Bertz CT molecular complexity index is 1870. The van der Waals surface area contributed by atoms with Crippen molar-refractivity contribution in [3.05, 3.63) is 64.4 Å². The highest BCUT2D eigenvalue weighted by molar-refractivity contribution is 9.10. The van der Waals surface area contributed by atoms with Crippen molar-refractivity contribution in [3.63, 3.8) is 0 Å². The monoisotopic (exact) mass is 670 g/mol. The summed E-state index contributed by atoms with van der Waals surface area (Å²) in [5.74, 6) is 2.51. The Balaban J connectivity index is 1.27. The molecule has 4 aromatic rings. The first-order valence-corrected chi connectivity index (χ1v) is 15.2. The Morgan fingerprint density at radius 1 is 1.18 bits per heavy atom. The number of carbonyl (C=O) groups excluding carboxylic acids is 3. The molecule has 1 saturated carbocycles. The van der Waals surface area contributed by atoms with Gasteiger partial charge in [-0.25, -0.2) is 15.0 Å². The molecule has 3 atom stereocenters. The minimum atomic E-state index is -0.762. The number of nitrogens with one attached hydrogen (secondary N) is 1. The normalized spacial score (nSPS) is 20.1. The van der Waals surface area contributed by atoms with Crippen molar-refractivity contribution >= 4 is 50.2 Å². The molecule has 2 aliphatic rings. The molecule has 0 unspecified atom stereocenters. The van der Waals surface area contributed by atoms with Gasteiger partial charge >= 0.3 is 0 Å². The number of pyridine rings is 1. The molecule has 4 heterocycles. The fraction of sp³-hybridized carbons (Fsp3) is 0.344. The lowest BCUT2D eigenvalue weighted by Crippen LogP contribution is -2.47. The first kappa shape index (κ1) is 30.5. The zero-order valence-corrected chi connectivity index (χ0v) is 26.4. The van der Waals surface area contributed by atoms with Crippen LogP contribution in [0, 0.1) is 24.7 Å². The van der Waals surface area contributed by atoms with E-state index in [1.54, 1.807) is 29.4 Å². The van der Waals surface area contributed by atoms with Gasteiger partial charge < -0.3 is 20.7 Å². The Hall–Kier alpha value is -4.51. The molecule has 1 saturated heterocycles. The summed E-state index contributed by atoms with van der Waals surface area (Å²) in [5, 5.41) is 8.06. The van der Waals surface area contributed by atoms with Gasteiger partial charge in [0.1, 0.15) is 41.1 Å². The van der Waals surface area contributed by atoms with Crippen LogP contribution in [0.3, 0.4) is 0 Å². The Labute approximate surface area is 267 Å². The van der Waals surface area contributed by atoms with E-state index in [9.17, 15) is 14.4 Å². The van der Waals surface area contributed by atoms with Gasteiger partial charge in [0, 0.05) is 53.8 Å². The second kappa shape index (κ2) is 12.1. The Morgan fingerprint density at radius 3 is 2.67 bits per heavy atom. The average Bonchev–Trinajstić information content (AvgIpc) is 3.45. The van der Waals surface area contributed by atoms with Crippen molar-refractivity contribution in [2.75, 3.05) is 18.5 Å². The molecule has 1 aromatic carbocycles. The molecule has 45 heavy (non-hydrogen) atoms. The number of halogens is 1. The van der Waals surface area contributed by atoms with Crippen molar-refractivity contribution in [3.8, 4) is 23.5 Å². The van der Waals surface area contributed by atoms with Crippen molar-refractivity contribution in [1.82, 2.24) is 29.6 Å². The fourth-order valence-corrected chi connectivity index (χ4v) is 6.42. The number of hydrogen-bond donors (Lipinski definition) is 2. The van der Waals surface area contributed by atoms with Gasteiger partial charge in [-0.05, 0) is 59.5 Å². The van der Waals surface area contributed by atoms with E-state index in [0.717, 1.165) is 17.5 Å². The molecule has 0 radical (unpaired) electrons. The van der Waals surface area contributed by atoms with Crippen LogP contribution in [0.25, 0.3) is 22.0 Å². The molecule has 3 N–H and O–H groups in total. The zero-order chi connectivity index (χ0) is 31.9. The average molecular weight is 672 g/mol. The third-order valence-electron chi connectivity index (χ3n) is 8.53. The van der Waals surface area contributed by atoms with Crippen LogP contribution in [-0.4, -0.2) is 72.5 Å². The van der Waals surface area contributed by atoms with E-state index < -0.39 is 6.04 Å². The molecule has 3 aromatic heterocycles. The van der Waals surface area contributed by atoms with Gasteiger partial charge in [-0.3, -0.25) is 19.1 Å². The predicted octanol–water partition coefficient (Wildman–Crippen LogP) is 3.27. The summed E-state index contributed by atoms with van der Waals surface area (Å²) >= 11 is 3.36. The van der Waals surface area contributed by atoms with Crippen LogP contribution in [0.1, 0.15) is 41.6 Å². The lowest BCUT2D eigenvalue weighted by molar-refractivity contribution is -0.138. The van der Waals surface area contributed by atoms with Gasteiger partial charge in [-0.15, -0.1) is 6.42 Å². The Morgan fingerprint density at radius 2 is 1.96 bits per heavy atom. The van der Waals surface area contributed by atoms with Crippen LogP contribution in [0.2, 0.25) is 0 Å². The molecule has 230 valence electrons. The number of rotatable bonds is 10. The van der Waals surface area contributed by atoms with E-state index in [4.69, 9.17) is 16.9 Å². The first-order chi connectivity index (χ1) is 21.6. The maximum absolute atomic E-state index is 14.0. The second-order valence-electron chi connectivity index (χ2n) is 11.4. The first-order valence-electron chi connectivity index (χ1n) is 14.4. The number of ether oxygens (including phenoxy) is 1. The molecular formula is C32H31BrN8O4. The molecule has 2 amide bonds. The summed E-state index contributed by atoms with van der Waals surface area (Å²) in [5.41, 5.74) is 8.98. The molecule has 1 aliphatic heterocycles. The molecule has 1 aliphatic carbocycles. The van der Waals surface area contributed by atoms with Crippen LogP contribution in [0.15, 0.2) is 47.3 Å². The van der Waals surface area contributed by atoms with Crippen LogP contribution in [0.5, 0.6) is 0 Å². The molecular weight excluding hydrogens is 640 g/mol. The van der Waals surface area contributed by atoms with Crippen LogP contribution in [0.4, 0.5) is 5.82 Å². The molecule has 12 nitrogen and oxygen atoms in total. The van der Waals surface area contributed by atoms with Crippen molar-refractivity contribution in [1.29, 1.82) is 0 Å². The summed E-state index contributed by atoms with van der Waals surface area (Å²) in [6, 6.07) is 8.17. The highest BCUT2D eigenvalue weighted by Crippen LogP contribution is 2.59. The maximum atomic E-state index is 14.0. The van der Waals surface area contributed by atoms with Crippen molar-refractivity contribution in [2.45, 2.75) is 51.9 Å². The fourth-order valence-electron chi connectivity index (χ4n) is 6.11. The topological polar surface area (TPSA) is 158 Å². The predicted molar refractivity (Wildman–Crippen MR) is 170 cm³/mol. The summed E-state index contributed by atoms with van der Waals surface area (Å²) in [6.07, 6.45) is 9.90. The molecule has 13 heteroatoms. The van der Waals surface area contributed by atoms with E-state index >= 15 is 0 Å². The number of amides is 2. The van der Waals surface area contributed by atoms with Crippen LogP contribution >= 0.6 is 15.9 Å². The van der Waals surface area contributed by atoms with E-state index in [-0.39, 0.29) is 54.5 Å². The van der Waals surface area contributed by atoms with Gasteiger partial charge in [0.05, 0.1) is 12.1 Å². The number of fused-ring (bicyclic) bond motifs is 2. The number of hydrogen-bond acceptors (Lipinski definition) is 9. The summed E-state index contributed by atoms with van der Waals surface area (Å²) in [6.45, 7) is 3.73. The molecule has 6 rings (SSSR count). The van der Waals surface area contributed by atoms with Crippen molar-refractivity contribution < 1.29 is 19.1 Å². The maximum Gasteiger partial charge on any atom is 0.248 e. The third-order valence-corrected chi connectivity index (χ3v) is 8.97. The summed E-state index contributed by atoms with van der Waals surface area (Å²) in [7, 11) is 0. The molecule has 0 spiro atoms. The molecule has 2 fully saturated rings. The highest BCUT2D eigenvalue weighted by atomic mass is 79.9. The number of piperidine rings is 1. The number of aromatic nitrogens is 5. The minimum Gasteiger partial charge on any atom is -0.364 e. The summed E-state index contributed by atoms with van der Waals surface area (Å²) in [4.78, 5) is 54.9. The number of terminal acetylenes is 1. The Kier molecular flexibility index (Phi) is 8.22. The number of aryl methyl sites for hydroxylation is 1. The summed E-state index contributed by atoms with van der Waals surface area (Å²) < 4.78 is 7.53. The van der Waals surface area contributed by atoms with Gasteiger partial charge in [-0.1, -0.05) is 18.1 Å². The SMILES string of the molecule is C#CCOCc1ccc(Br)nc1NC(=O)[C@@H]1C[C@@]2(CN)C[C@H]2N1C(=O)Cn1nc(C(C)=O)c2cc(-c3cnc(C)nc3)ccc21. The van der Waals surface area contributed by atoms with Gasteiger partial charge in [0.15, 0.2) is 5.78 Å². The number of likely N-dealkylation sites (tertiary alicyclic amines) is 1. The lowest BCUT2D eigenvalue weighted by Gasteiger charge is -2.27. The van der Waals surface area contributed by atoms with Crippen LogP contribution in [-0.2, 0) is 27.5 Å². The zero-order valence-electron chi connectivity index (χ0n) is 24.8.